The van der Waals surface area contributed by atoms with E-state index in [2.05, 4.69) is 22.5 Å². The van der Waals surface area contributed by atoms with Crippen molar-refractivity contribution in [1.29, 1.82) is 0 Å². The number of benzene rings is 2. The average Bonchev–Trinajstić information content (AvgIpc) is 3.07. The monoisotopic (exact) mass is 417 g/mol. The maximum atomic E-state index is 12.4. The van der Waals surface area contributed by atoms with E-state index in [4.69, 9.17) is 4.74 Å². The fourth-order valence-corrected chi connectivity index (χ4v) is 4.23. The largest absolute Gasteiger partial charge is 0.455 e. The van der Waals surface area contributed by atoms with E-state index in [1.165, 1.54) is 5.56 Å². The van der Waals surface area contributed by atoms with Crippen LogP contribution >= 0.6 is 0 Å². The van der Waals surface area contributed by atoms with Crippen molar-refractivity contribution in [2.24, 2.45) is 0 Å². The van der Waals surface area contributed by atoms with Gasteiger partial charge in [0, 0.05) is 11.3 Å². The van der Waals surface area contributed by atoms with Crippen molar-refractivity contribution in [2.45, 2.75) is 45.6 Å². The number of ether oxygens (including phenoxy) is 1. The number of hydrogen-bond acceptors (Lipinski definition) is 4. The number of aryl methyl sites for hydroxylation is 2. The number of fused-ring (bicyclic) bond motifs is 1. The van der Waals surface area contributed by atoms with Gasteiger partial charge in [-0.3, -0.25) is 9.59 Å². The molecule has 0 fully saturated rings. The van der Waals surface area contributed by atoms with Crippen molar-refractivity contribution in [3.05, 3.63) is 82.7 Å². The van der Waals surface area contributed by atoms with Gasteiger partial charge in [0.15, 0.2) is 6.61 Å². The van der Waals surface area contributed by atoms with Gasteiger partial charge in [-0.2, -0.15) is 5.10 Å². The molecule has 160 valence electrons. The Morgan fingerprint density at radius 3 is 2.65 bits per heavy atom. The van der Waals surface area contributed by atoms with E-state index < -0.39 is 5.97 Å². The highest BCUT2D eigenvalue weighted by molar-refractivity contribution is 5.81. The minimum Gasteiger partial charge on any atom is -0.455 e. The van der Waals surface area contributed by atoms with Gasteiger partial charge in [-0.25, -0.2) is 4.68 Å². The molecule has 1 atom stereocenters. The molecular formula is C25H27N3O3. The third-order valence-electron chi connectivity index (χ3n) is 5.83. The lowest BCUT2D eigenvalue weighted by atomic mass is 9.88. The molecule has 1 aliphatic carbocycles. The smallest absolute Gasteiger partial charge is 0.310 e. The lowest BCUT2D eigenvalue weighted by molar-refractivity contribution is -0.148. The second-order valence-electron chi connectivity index (χ2n) is 7.95. The first-order chi connectivity index (χ1) is 15.0. The van der Waals surface area contributed by atoms with Crippen LogP contribution in [0.25, 0.3) is 5.69 Å². The summed E-state index contributed by atoms with van der Waals surface area (Å²) in [5.74, 6) is -0.707. The molecule has 0 aliphatic heterocycles. The van der Waals surface area contributed by atoms with Crippen molar-refractivity contribution in [3.63, 3.8) is 0 Å². The number of nitrogens with zero attached hydrogens (tertiary/aromatic N) is 2. The van der Waals surface area contributed by atoms with Crippen LogP contribution < -0.4 is 5.32 Å². The fraction of sp³-hybridized carbons (Fsp3) is 0.320. The number of nitrogens with one attached hydrogen (secondary N) is 1. The lowest BCUT2D eigenvalue weighted by Crippen LogP contribution is -2.34. The summed E-state index contributed by atoms with van der Waals surface area (Å²) in [6.45, 7) is 3.54. The van der Waals surface area contributed by atoms with Crippen LogP contribution in [0.4, 0.5) is 0 Å². The number of aromatic nitrogens is 2. The molecule has 0 bridgehead atoms. The van der Waals surface area contributed by atoms with Crippen LogP contribution in [0.5, 0.6) is 0 Å². The molecule has 6 nitrogen and oxygen atoms in total. The van der Waals surface area contributed by atoms with Gasteiger partial charge < -0.3 is 10.1 Å². The molecule has 1 amide bonds. The molecule has 0 radical (unpaired) electrons. The first-order valence-electron chi connectivity index (χ1n) is 10.7. The summed E-state index contributed by atoms with van der Waals surface area (Å²) in [4.78, 5) is 24.8. The van der Waals surface area contributed by atoms with Crippen molar-refractivity contribution < 1.29 is 14.3 Å². The highest BCUT2D eigenvalue weighted by atomic mass is 16.5. The van der Waals surface area contributed by atoms with E-state index >= 15 is 0 Å². The van der Waals surface area contributed by atoms with Crippen LogP contribution in [0.2, 0.25) is 0 Å². The highest BCUT2D eigenvalue weighted by Gasteiger charge is 2.22. The summed E-state index contributed by atoms with van der Waals surface area (Å²) in [6.07, 6.45) is 3.05. The van der Waals surface area contributed by atoms with Gasteiger partial charge in [-0.1, -0.05) is 42.5 Å². The molecule has 4 rings (SSSR count). The molecule has 31 heavy (non-hydrogen) atoms. The number of carbonyl (C=O) groups excluding carboxylic acids is 2. The average molecular weight is 418 g/mol. The van der Waals surface area contributed by atoms with E-state index in [-0.39, 0.29) is 25.0 Å². The van der Waals surface area contributed by atoms with Crippen molar-refractivity contribution >= 4 is 11.9 Å². The van der Waals surface area contributed by atoms with Crippen molar-refractivity contribution in [2.75, 3.05) is 6.61 Å². The number of esters is 1. The minimum absolute atomic E-state index is 0.0234. The Bertz CT molecular complexity index is 1090. The summed E-state index contributed by atoms with van der Waals surface area (Å²) in [6, 6.07) is 17.9. The van der Waals surface area contributed by atoms with Crippen molar-refractivity contribution in [3.8, 4) is 5.69 Å². The number of carbonyl (C=O) groups is 2. The van der Waals surface area contributed by atoms with Gasteiger partial charge in [-0.15, -0.1) is 0 Å². The van der Waals surface area contributed by atoms with Crippen LogP contribution in [0, 0.1) is 13.8 Å². The molecule has 0 saturated carbocycles. The molecule has 2 aromatic carbocycles. The molecular weight excluding hydrogens is 390 g/mol. The van der Waals surface area contributed by atoms with Gasteiger partial charge in [0.25, 0.3) is 5.91 Å². The van der Waals surface area contributed by atoms with Gasteiger partial charge in [0.2, 0.25) is 0 Å². The van der Waals surface area contributed by atoms with Crippen LogP contribution in [-0.4, -0.2) is 28.3 Å². The van der Waals surface area contributed by atoms with Gasteiger partial charge >= 0.3 is 5.97 Å². The molecule has 6 heteroatoms. The standard InChI is InChI=1S/C25H27N3O3/c1-17-22(18(2)28(27-17)20-11-4-3-5-12-20)15-25(30)31-16-24(29)26-23-14-8-10-19-9-6-7-13-21(19)23/h3-7,9,11-13,23H,8,10,14-16H2,1-2H3,(H,26,29)/t23-/m0/s1. The van der Waals surface area contributed by atoms with Crippen LogP contribution in [0.15, 0.2) is 54.6 Å². The first kappa shape index (κ1) is 20.8. The normalized spacial score (nSPS) is 15.2. The Balaban J connectivity index is 1.34. The number of amides is 1. The summed E-state index contributed by atoms with van der Waals surface area (Å²) in [5, 5.41) is 7.57. The third-order valence-corrected chi connectivity index (χ3v) is 5.83. The zero-order chi connectivity index (χ0) is 21.8. The number of rotatable bonds is 6. The fourth-order valence-electron chi connectivity index (χ4n) is 4.23. The Morgan fingerprint density at radius 2 is 1.84 bits per heavy atom. The van der Waals surface area contributed by atoms with Gasteiger partial charge in [0.05, 0.1) is 23.8 Å². The predicted molar refractivity (Wildman–Crippen MR) is 118 cm³/mol. The molecule has 1 N–H and O–H groups in total. The van der Waals surface area contributed by atoms with Gasteiger partial charge in [-0.05, 0) is 56.4 Å². The Hall–Kier alpha value is -3.41. The first-order valence-corrected chi connectivity index (χ1v) is 10.7. The van der Waals surface area contributed by atoms with Gasteiger partial charge in [0.1, 0.15) is 0 Å². The zero-order valence-electron chi connectivity index (χ0n) is 17.9. The summed E-state index contributed by atoms with van der Waals surface area (Å²) in [5.41, 5.74) is 5.88. The van der Waals surface area contributed by atoms with Crippen LogP contribution in [0.1, 0.15) is 47.0 Å². The summed E-state index contributed by atoms with van der Waals surface area (Å²) >= 11 is 0. The topological polar surface area (TPSA) is 73.2 Å². The lowest BCUT2D eigenvalue weighted by Gasteiger charge is -2.26. The molecule has 0 unspecified atom stereocenters. The Kier molecular flexibility index (Phi) is 6.16. The number of hydrogen-bond donors (Lipinski definition) is 1. The van der Waals surface area contributed by atoms with Crippen LogP contribution in [-0.2, 0) is 27.2 Å². The molecule has 3 aromatic rings. The van der Waals surface area contributed by atoms with E-state index in [1.807, 2.05) is 61.0 Å². The Labute approximate surface area is 182 Å². The summed E-state index contributed by atoms with van der Waals surface area (Å²) in [7, 11) is 0. The zero-order valence-corrected chi connectivity index (χ0v) is 17.9. The van der Waals surface area contributed by atoms with E-state index in [0.717, 1.165) is 47.5 Å². The van der Waals surface area contributed by atoms with Crippen LogP contribution in [0.3, 0.4) is 0 Å². The SMILES string of the molecule is Cc1nn(-c2ccccc2)c(C)c1CC(=O)OCC(=O)N[C@H]1CCCc2ccccc21. The molecule has 1 aliphatic rings. The maximum absolute atomic E-state index is 12.4. The molecule has 1 heterocycles. The molecule has 0 spiro atoms. The quantitative estimate of drug-likeness (QED) is 0.620. The maximum Gasteiger partial charge on any atom is 0.310 e. The highest BCUT2D eigenvalue weighted by Crippen LogP contribution is 2.29. The van der Waals surface area contributed by atoms with E-state index in [0.29, 0.717) is 0 Å². The van der Waals surface area contributed by atoms with E-state index in [9.17, 15) is 9.59 Å². The second-order valence-corrected chi connectivity index (χ2v) is 7.95. The second kappa shape index (κ2) is 9.16. The third kappa shape index (κ3) is 4.68. The predicted octanol–water partition coefficient (Wildman–Crippen LogP) is 3.77. The Morgan fingerprint density at radius 1 is 1.10 bits per heavy atom. The number of para-hydroxylation sites is 1. The minimum atomic E-state index is -0.432. The molecule has 0 saturated heterocycles. The van der Waals surface area contributed by atoms with Crippen molar-refractivity contribution in [1.82, 2.24) is 15.1 Å². The summed E-state index contributed by atoms with van der Waals surface area (Å²) < 4.78 is 7.10. The molecule has 1 aromatic heterocycles. The van der Waals surface area contributed by atoms with E-state index in [1.54, 1.807) is 0 Å².